The van der Waals surface area contributed by atoms with Gasteiger partial charge >= 0.3 is 11.9 Å². The van der Waals surface area contributed by atoms with Crippen molar-refractivity contribution in [2.75, 3.05) is 13.7 Å². The highest BCUT2D eigenvalue weighted by Crippen LogP contribution is 2.10. The van der Waals surface area contributed by atoms with Crippen LogP contribution < -0.4 is 10.6 Å². The molecule has 26 heavy (non-hydrogen) atoms. The maximum Gasteiger partial charge on any atom is 0.328 e. The smallest absolute Gasteiger partial charge is 0.328 e. The molecule has 142 valence electrons. The van der Waals surface area contributed by atoms with Gasteiger partial charge in [0.05, 0.1) is 20.1 Å². The normalized spacial score (nSPS) is 11.8. The third-order valence-electron chi connectivity index (χ3n) is 3.06. The van der Waals surface area contributed by atoms with Crippen LogP contribution in [0.1, 0.15) is 37.6 Å². The number of carbonyl (C=O) groups is 4. The molecule has 0 bridgehead atoms. The van der Waals surface area contributed by atoms with Crippen LogP contribution in [0.3, 0.4) is 0 Å². The van der Waals surface area contributed by atoms with E-state index >= 15 is 0 Å². The Labute approximate surface area is 152 Å². The highest BCUT2D eigenvalue weighted by molar-refractivity contribution is 5.97. The van der Waals surface area contributed by atoms with Crippen LogP contribution >= 0.6 is 0 Å². The molecule has 8 nitrogen and oxygen atoms in total. The summed E-state index contributed by atoms with van der Waals surface area (Å²) in [5.74, 6) is -2.49. The average molecular weight is 364 g/mol. The number of carbonyl (C=O) groups excluding carboxylic acids is 4. The molecular formula is C18H24N2O6. The van der Waals surface area contributed by atoms with E-state index in [1.165, 1.54) is 0 Å². The molecule has 0 heterocycles. The minimum absolute atomic E-state index is 0.352. The van der Waals surface area contributed by atoms with Gasteiger partial charge < -0.3 is 20.1 Å². The monoisotopic (exact) mass is 364 g/mol. The van der Waals surface area contributed by atoms with Crippen molar-refractivity contribution in [1.82, 2.24) is 10.6 Å². The molecule has 0 unspecified atom stereocenters. The molecule has 0 saturated heterocycles. The van der Waals surface area contributed by atoms with E-state index in [9.17, 15) is 19.2 Å². The van der Waals surface area contributed by atoms with E-state index in [0.29, 0.717) is 5.56 Å². The van der Waals surface area contributed by atoms with Crippen LogP contribution in [0.5, 0.6) is 0 Å². The van der Waals surface area contributed by atoms with Crippen molar-refractivity contribution >= 4 is 23.8 Å². The lowest BCUT2D eigenvalue weighted by Gasteiger charge is -2.22. The van der Waals surface area contributed by atoms with Crippen LogP contribution in [0.15, 0.2) is 30.3 Å². The van der Waals surface area contributed by atoms with E-state index in [1.807, 2.05) is 0 Å². The highest BCUT2D eigenvalue weighted by atomic mass is 16.6. The fourth-order valence-electron chi connectivity index (χ4n) is 1.98. The Bertz CT molecular complexity index is 651. The molecule has 0 spiro atoms. The summed E-state index contributed by atoms with van der Waals surface area (Å²) in [6, 6.07) is 7.17. The maximum absolute atomic E-state index is 12.0. The van der Waals surface area contributed by atoms with Crippen molar-refractivity contribution in [3.05, 3.63) is 35.9 Å². The van der Waals surface area contributed by atoms with Gasteiger partial charge in [0.25, 0.3) is 5.91 Å². The van der Waals surface area contributed by atoms with E-state index in [4.69, 9.17) is 4.74 Å². The summed E-state index contributed by atoms with van der Waals surface area (Å²) in [4.78, 5) is 47.5. The summed E-state index contributed by atoms with van der Waals surface area (Å²) in [5, 5.41) is 4.80. The molecule has 0 aliphatic heterocycles. The zero-order valence-corrected chi connectivity index (χ0v) is 15.3. The first kappa shape index (κ1) is 21.1. The van der Waals surface area contributed by atoms with E-state index in [2.05, 4.69) is 15.4 Å². The lowest BCUT2D eigenvalue weighted by atomic mass is 10.1. The average Bonchev–Trinajstić information content (AvgIpc) is 2.57. The SMILES string of the molecule is COC(=O)[C@@H](CC(=O)OC(C)(C)C)NC(=O)CNC(=O)c1ccccc1. The van der Waals surface area contributed by atoms with Crippen molar-refractivity contribution in [2.24, 2.45) is 0 Å². The maximum atomic E-state index is 12.0. The Kier molecular flexibility index (Phi) is 7.77. The molecule has 8 heteroatoms. The zero-order valence-electron chi connectivity index (χ0n) is 15.3. The van der Waals surface area contributed by atoms with Crippen molar-refractivity contribution in [1.29, 1.82) is 0 Å². The van der Waals surface area contributed by atoms with Gasteiger partial charge in [0.15, 0.2) is 0 Å². The summed E-state index contributed by atoms with van der Waals surface area (Å²) >= 11 is 0. The molecule has 1 aromatic rings. The van der Waals surface area contributed by atoms with Crippen LogP contribution in [-0.4, -0.2) is 49.1 Å². The van der Waals surface area contributed by atoms with Gasteiger partial charge in [-0.1, -0.05) is 18.2 Å². The molecular weight excluding hydrogens is 340 g/mol. The Morgan fingerprint density at radius 3 is 2.23 bits per heavy atom. The lowest BCUT2D eigenvalue weighted by Crippen LogP contribution is -2.47. The Morgan fingerprint density at radius 2 is 1.69 bits per heavy atom. The molecule has 1 atom stereocenters. The van der Waals surface area contributed by atoms with E-state index in [1.54, 1.807) is 51.1 Å². The van der Waals surface area contributed by atoms with Crippen molar-refractivity contribution < 1.29 is 28.7 Å². The minimum atomic E-state index is -1.20. The first-order chi connectivity index (χ1) is 12.1. The summed E-state index contributed by atoms with van der Waals surface area (Å²) in [5.41, 5.74) is -0.315. The predicted octanol–water partition coefficient (Wildman–Crippen LogP) is 0.806. The van der Waals surface area contributed by atoms with Gasteiger partial charge in [-0.05, 0) is 32.9 Å². The van der Waals surface area contributed by atoms with Crippen LogP contribution in [-0.2, 0) is 23.9 Å². The van der Waals surface area contributed by atoms with Crippen LogP contribution in [0.4, 0.5) is 0 Å². The second-order valence-corrected chi connectivity index (χ2v) is 6.48. The van der Waals surface area contributed by atoms with Gasteiger partial charge in [0, 0.05) is 5.56 Å². The first-order valence-corrected chi connectivity index (χ1v) is 8.04. The number of hydrogen-bond donors (Lipinski definition) is 2. The fourth-order valence-corrected chi connectivity index (χ4v) is 1.98. The molecule has 2 amide bonds. The number of amides is 2. The highest BCUT2D eigenvalue weighted by Gasteiger charge is 2.27. The summed E-state index contributed by atoms with van der Waals surface area (Å²) in [6.07, 6.45) is -0.373. The van der Waals surface area contributed by atoms with Crippen LogP contribution in [0.25, 0.3) is 0 Å². The molecule has 2 N–H and O–H groups in total. The third kappa shape index (κ3) is 7.78. The number of methoxy groups -OCH3 is 1. The van der Waals surface area contributed by atoms with Crippen LogP contribution in [0.2, 0.25) is 0 Å². The van der Waals surface area contributed by atoms with Crippen molar-refractivity contribution in [2.45, 2.75) is 38.8 Å². The molecule has 1 rings (SSSR count). The standard InChI is InChI=1S/C18H24N2O6/c1-18(2,3)26-15(22)10-13(17(24)25-4)20-14(21)11-19-16(23)12-8-6-5-7-9-12/h5-9,13H,10-11H2,1-4H3,(H,19,23)(H,20,21)/t13-/m1/s1. The summed E-state index contributed by atoms with van der Waals surface area (Å²) in [7, 11) is 1.15. The summed E-state index contributed by atoms with van der Waals surface area (Å²) < 4.78 is 9.72. The topological polar surface area (TPSA) is 111 Å². The molecule has 0 saturated carbocycles. The van der Waals surface area contributed by atoms with Gasteiger partial charge in [0.2, 0.25) is 5.91 Å². The third-order valence-corrected chi connectivity index (χ3v) is 3.06. The number of hydrogen-bond acceptors (Lipinski definition) is 6. The first-order valence-electron chi connectivity index (χ1n) is 8.04. The molecule has 0 fully saturated rings. The Hall–Kier alpha value is -2.90. The number of rotatable bonds is 7. The van der Waals surface area contributed by atoms with Gasteiger partial charge in [-0.25, -0.2) is 4.79 Å². The molecule has 0 radical (unpaired) electrons. The zero-order chi connectivity index (χ0) is 19.7. The largest absolute Gasteiger partial charge is 0.467 e. The van der Waals surface area contributed by atoms with Crippen LogP contribution in [0, 0.1) is 0 Å². The second kappa shape index (κ2) is 9.55. The molecule has 0 aliphatic carbocycles. The van der Waals surface area contributed by atoms with Gasteiger partial charge in [0.1, 0.15) is 11.6 Å². The Morgan fingerprint density at radius 1 is 1.08 bits per heavy atom. The Balaban J connectivity index is 2.58. The molecule has 1 aromatic carbocycles. The van der Waals surface area contributed by atoms with Gasteiger partial charge in [-0.15, -0.1) is 0 Å². The van der Waals surface area contributed by atoms with Gasteiger partial charge in [-0.2, -0.15) is 0 Å². The van der Waals surface area contributed by atoms with Gasteiger partial charge in [-0.3, -0.25) is 14.4 Å². The number of esters is 2. The number of nitrogens with one attached hydrogen (secondary N) is 2. The lowest BCUT2D eigenvalue weighted by molar-refractivity contribution is -0.159. The number of ether oxygens (including phenoxy) is 2. The molecule has 0 aromatic heterocycles. The van der Waals surface area contributed by atoms with Crippen molar-refractivity contribution in [3.8, 4) is 0 Å². The van der Waals surface area contributed by atoms with E-state index in [-0.39, 0.29) is 13.0 Å². The van der Waals surface area contributed by atoms with Crippen molar-refractivity contribution in [3.63, 3.8) is 0 Å². The second-order valence-electron chi connectivity index (χ2n) is 6.48. The minimum Gasteiger partial charge on any atom is -0.467 e. The number of benzene rings is 1. The fraction of sp³-hybridized carbons (Fsp3) is 0.444. The molecule has 0 aliphatic rings. The predicted molar refractivity (Wildman–Crippen MR) is 93.2 cm³/mol. The van der Waals surface area contributed by atoms with E-state index in [0.717, 1.165) is 7.11 Å². The van der Waals surface area contributed by atoms with E-state index < -0.39 is 35.4 Å². The summed E-state index contributed by atoms with van der Waals surface area (Å²) in [6.45, 7) is 4.72. The quantitative estimate of drug-likeness (QED) is 0.693.